The van der Waals surface area contributed by atoms with Crippen molar-refractivity contribution in [3.05, 3.63) is 71.9 Å². The molecule has 3 rings (SSSR count). The summed E-state index contributed by atoms with van der Waals surface area (Å²) in [5.74, 6) is -1.17. The van der Waals surface area contributed by atoms with Crippen LogP contribution in [0.15, 0.2) is 59.2 Å². The first-order valence-electron chi connectivity index (χ1n) is 9.70. The Morgan fingerprint density at radius 2 is 1.84 bits per heavy atom. The maximum absolute atomic E-state index is 13.8. The van der Waals surface area contributed by atoms with Crippen molar-refractivity contribution in [2.24, 2.45) is 5.92 Å². The number of aromatic nitrogens is 1. The van der Waals surface area contributed by atoms with E-state index >= 15 is 0 Å². The Hall–Kier alpha value is -3.68. The number of carbonyl (C=O) groups excluding carboxylic acids is 2. The zero-order valence-corrected chi connectivity index (χ0v) is 17.4. The smallest absolute Gasteiger partial charge is 0.329 e. The lowest BCUT2D eigenvalue weighted by atomic mass is 10.0. The van der Waals surface area contributed by atoms with Crippen LogP contribution in [0.1, 0.15) is 29.9 Å². The molecule has 0 fully saturated rings. The Kier molecular flexibility index (Phi) is 7.02. The Labute approximate surface area is 179 Å². The van der Waals surface area contributed by atoms with Gasteiger partial charge in [-0.05, 0) is 42.3 Å². The van der Waals surface area contributed by atoms with Gasteiger partial charge in [0, 0.05) is 5.56 Å². The number of hydrogen-bond acceptors (Lipinski definition) is 6. The minimum Gasteiger partial charge on any atom is -0.497 e. The molecule has 0 aliphatic heterocycles. The van der Waals surface area contributed by atoms with Crippen molar-refractivity contribution in [3.8, 4) is 17.2 Å². The van der Waals surface area contributed by atoms with Gasteiger partial charge in [0.15, 0.2) is 0 Å². The number of oxazole rings is 1. The molecule has 0 radical (unpaired) electrons. The number of esters is 1. The summed E-state index contributed by atoms with van der Waals surface area (Å²) in [5.41, 5.74) is 1.03. The maximum Gasteiger partial charge on any atom is 0.329 e. The first-order chi connectivity index (χ1) is 14.9. The molecule has 162 valence electrons. The molecular weight excluding hydrogens is 403 g/mol. The third kappa shape index (κ3) is 5.48. The molecule has 0 aliphatic rings. The van der Waals surface area contributed by atoms with Crippen LogP contribution in [0.2, 0.25) is 0 Å². The zero-order valence-electron chi connectivity index (χ0n) is 17.4. The number of nitrogens with one attached hydrogen (secondary N) is 1. The molecule has 31 heavy (non-hydrogen) atoms. The fourth-order valence-electron chi connectivity index (χ4n) is 2.84. The molecule has 8 heteroatoms. The van der Waals surface area contributed by atoms with E-state index in [1.165, 1.54) is 24.5 Å². The minimum atomic E-state index is -0.944. The zero-order chi connectivity index (χ0) is 22.4. The van der Waals surface area contributed by atoms with Gasteiger partial charge in [-0.3, -0.25) is 4.79 Å². The van der Waals surface area contributed by atoms with E-state index in [1.54, 1.807) is 51.3 Å². The van der Waals surface area contributed by atoms with Crippen molar-refractivity contribution >= 4 is 11.9 Å². The molecule has 3 aromatic rings. The summed E-state index contributed by atoms with van der Waals surface area (Å²) >= 11 is 0. The number of amides is 1. The van der Waals surface area contributed by atoms with Gasteiger partial charge < -0.3 is 19.2 Å². The molecule has 1 atom stereocenters. The summed E-state index contributed by atoms with van der Waals surface area (Å²) in [5, 5.41) is 2.54. The highest BCUT2D eigenvalue weighted by molar-refractivity contribution is 5.97. The van der Waals surface area contributed by atoms with E-state index in [1.807, 2.05) is 0 Å². The molecule has 2 aromatic carbocycles. The Balaban J connectivity index is 1.62. The van der Waals surface area contributed by atoms with Crippen molar-refractivity contribution in [2.75, 3.05) is 7.11 Å². The van der Waals surface area contributed by atoms with Gasteiger partial charge in [0.25, 0.3) is 5.91 Å². The number of methoxy groups -OCH3 is 1. The number of benzene rings is 2. The highest BCUT2D eigenvalue weighted by Gasteiger charge is 2.27. The summed E-state index contributed by atoms with van der Waals surface area (Å²) in [6.45, 7) is 3.38. The maximum atomic E-state index is 13.8. The number of rotatable bonds is 8. The van der Waals surface area contributed by atoms with Crippen LogP contribution in [0.3, 0.4) is 0 Å². The number of hydrogen-bond donors (Lipinski definition) is 1. The van der Waals surface area contributed by atoms with Gasteiger partial charge in [-0.2, -0.15) is 0 Å². The second-order valence-electron chi connectivity index (χ2n) is 7.16. The van der Waals surface area contributed by atoms with Crippen LogP contribution < -0.4 is 10.1 Å². The molecule has 0 aliphatic carbocycles. The standard InChI is InChI=1S/C23H23FN2O5/c1-14(2)20(26-21(27)18-6-4-5-7-19(18)24)23(28)31-13-16-12-30-22(25-16)15-8-10-17(29-3)11-9-15/h4-12,14,20H,13H2,1-3H3,(H,26,27)/t20-/m0/s1. The van der Waals surface area contributed by atoms with Gasteiger partial charge in [0.2, 0.25) is 5.89 Å². The van der Waals surface area contributed by atoms with E-state index in [4.69, 9.17) is 13.9 Å². The molecule has 1 amide bonds. The minimum absolute atomic E-state index is 0.128. The van der Waals surface area contributed by atoms with Crippen LogP contribution in [0.4, 0.5) is 4.39 Å². The molecule has 1 aromatic heterocycles. The summed E-state index contributed by atoms with van der Waals surface area (Å²) < 4.78 is 29.7. The predicted molar refractivity (Wildman–Crippen MR) is 111 cm³/mol. The van der Waals surface area contributed by atoms with Gasteiger partial charge in [-0.15, -0.1) is 0 Å². The Bertz CT molecular complexity index is 1050. The number of ether oxygens (including phenoxy) is 2. The summed E-state index contributed by atoms with van der Waals surface area (Å²) in [7, 11) is 1.58. The lowest BCUT2D eigenvalue weighted by molar-refractivity contribution is -0.148. The molecule has 1 heterocycles. The van der Waals surface area contributed by atoms with Crippen LogP contribution in [-0.2, 0) is 16.1 Å². The topological polar surface area (TPSA) is 90.7 Å². The molecule has 1 N–H and O–H groups in total. The van der Waals surface area contributed by atoms with E-state index < -0.39 is 23.7 Å². The van der Waals surface area contributed by atoms with Crippen LogP contribution >= 0.6 is 0 Å². The SMILES string of the molecule is COc1ccc(-c2nc(COC(=O)[C@@H](NC(=O)c3ccccc3F)C(C)C)co2)cc1. The highest BCUT2D eigenvalue weighted by Crippen LogP contribution is 2.22. The van der Waals surface area contributed by atoms with Gasteiger partial charge in [-0.25, -0.2) is 14.2 Å². The lowest BCUT2D eigenvalue weighted by Gasteiger charge is -2.20. The van der Waals surface area contributed by atoms with E-state index in [2.05, 4.69) is 10.3 Å². The van der Waals surface area contributed by atoms with E-state index in [0.29, 0.717) is 17.3 Å². The molecule has 7 nitrogen and oxygen atoms in total. The van der Waals surface area contributed by atoms with Gasteiger partial charge in [0.05, 0.1) is 12.7 Å². The average molecular weight is 426 g/mol. The highest BCUT2D eigenvalue weighted by atomic mass is 19.1. The second kappa shape index (κ2) is 9.88. The Morgan fingerprint density at radius 1 is 1.13 bits per heavy atom. The first-order valence-corrected chi connectivity index (χ1v) is 9.70. The van der Waals surface area contributed by atoms with E-state index in [0.717, 1.165) is 5.56 Å². The molecular formula is C23H23FN2O5. The predicted octanol–water partition coefficient (Wildman–Crippen LogP) is 3.99. The van der Waals surface area contributed by atoms with Crippen molar-refractivity contribution in [1.82, 2.24) is 10.3 Å². The van der Waals surface area contributed by atoms with Crippen molar-refractivity contribution in [1.29, 1.82) is 0 Å². The molecule has 0 unspecified atom stereocenters. The molecule has 0 spiro atoms. The normalized spacial score (nSPS) is 11.8. The van der Waals surface area contributed by atoms with Crippen molar-refractivity contribution in [2.45, 2.75) is 26.5 Å². The van der Waals surface area contributed by atoms with Crippen LogP contribution in [0, 0.1) is 11.7 Å². The largest absolute Gasteiger partial charge is 0.497 e. The third-order valence-corrected chi connectivity index (χ3v) is 4.58. The first kappa shape index (κ1) is 22.0. The summed E-state index contributed by atoms with van der Waals surface area (Å²) in [4.78, 5) is 29.2. The van der Waals surface area contributed by atoms with Gasteiger partial charge in [0.1, 0.15) is 36.2 Å². The fourth-order valence-corrected chi connectivity index (χ4v) is 2.84. The summed E-state index contributed by atoms with van der Waals surface area (Å²) in [6.07, 6.45) is 1.40. The second-order valence-corrected chi connectivity index (χ2v) is 7.16. The van der Waals surface area contributed by atoms with Crippen LogP contribution in [0.25, 0.3) is 11.5 Å². The van der Waals surface area contributed by atoms with Crippen molar-refractivity contribution < 1.29 is 27.9 Å². The monoisotopic (exact) mass is 426 g/mol. The Morgan fingerprint density at radius 3 is 2.48 bits per heavy atom. The lowest BCUT2D eigenvalue weighted by Crippen LogP contribution is -2.45. The van der Waals surface area contributed by atoms with Crippen molar-refractivity contribution in [3.63, 3.8) is 0 Å². The van der Waals surface area contributed by atoms with Gasteiger partial charge in [-0.1, -0.05) is 26.0 Å². The fraction of sp³-hybridized carbons (Fsp3) is 0.261. The van der Waals surface area contributed by atoms with Crippen LogP contribution in [-0.4, -0.2) is 30.0 Å². The van der Waals surface area contributed by atoms with E-state index in [-0.39, 0.29) is 18.1 Å². The van der Waals surface area contributed by atoms with Gasteiger partial charge >= 0.3 is 5.97 Å². The quantitative estimate of drug-likeness (QED) is 0.548. The summed E-state index contributed by atoms with van der Waals surface area (Å²) in [6, 6.07) is 11.8. The number of nitrogens with zero attached hydrogens (tertiary/aromatic N) is 1. The van der Waals surface area contributed by atoms with Crippen LogP contribution in [0.5, 0.6) is 5.75 Å². The molecule has 0 saturated heterocycles. The average Bonchev–Trinajstić information content (AvgIpc) is 3.25. The molecule has 0 saturated carbocycles. The number of halogens is 1. The number of carbonyl (C=O) groups is 2. The van der Waals surface area contributed by atoms with E-state index in [9.17, 15) is 14.0 Å². The molecule has 0 bridgehead atoms. The third-order valence-electron chi connectivity index (χ3n) is 4.58.